The number of hydrogen-bond acceptors (Lipinski definition) is 2. The Morgan fingerprint density at radius 2 is 1.96 bits per heavy atom. The number of anilines is 1. The van der Waals surface area contributed by atoms with Crippen molar-refractivity contribution in [2.75, 3.05) is 5.32 Å². The fraction of sp³-hybridized carbons (Fsp3) is 0.111. The molecule has 0 aliphatic carbocycles. The van der Waals surface area contributed by atoms with Crippen molar-refractivity contribution in [1.82, 2.24) is 4.57 Å². The highest BCUT2D eigenvalue weighted by molar-refractivity contribution is 14.1. The lowest BCUT2D eigenvalue weighted by atomic mass is 10.1. The van der Waals surface area contributed by atoms with Crippen molar-refractivity contribution in [1.29, 1.82) is 0 Å². The highest BCUT2D eigenvalue weighted by Gasteiger charge is 2.21. The summed E-state index contributed by atoms with van der Waals surface area (Å²) in [5.41, 5.74) is 2.70. The molecule has 0 bridgehead atoms. The summed E-state index contributed by atoms with van der Waals surface area (Å²) < 4.78 is 3.95. The van der Waals surface area contributed by atoms with Crippen LogP contribution in [0.4, 0.5) is 5.69 Å². The Balaban J connectivity index is 1.80. The number of nitrogens with zero attached hydrogens (tertiary/aromatic N) is 1. The van der Waals surface area contributed by atoms with E-state index in [1.807, 2.05) is 34.9 Å². The van der Waals surface area contributed by atoms with Crippen molar-refractivity contribution in [2.24, 2.45) is 0 Å². The van der Waals surface area contributed by atoms with E-state index in [4.69, 9.17) is 0 Å². The Labute approximate surface area is 160 Å². The number of aromatic nitrogens is 1. The molecule has 1 N–H and O–H groups in total. The van der Waals surface area contributed by atoms with Crippen molar-refractivity contribution in [3.63, 3.8) is 0 Å². The molecule has 4 nitrogen and oxygen atoms in total. The molecular formula is C18H12BrIN2O2. The number of amides is 1. The summed E-state index contributed by atoms with van der Waals surface area (Å²) in [6.07, 6.45) is 2.55. The van der Waals surface area contributed by atoms with Gasteiger partial charge in [-0.2, -0.15) is 0 Å². The fourth-order valence-corrected chi connectivity index (χ4v) is 3.96. The lowest BCUT2D eigenvalue weighted by Gasteiger charge is -2.10. The summed E-state index contributed by atoms with van der Waals surface area (Å²) >= 11 is 5.66. The third-order valence-corrected chi connectivity index (χ3v) is 5.36. The maximum absolute atomic E-state index is 12.8. The SMILES string of the molecule is O=C(Nc1ccc(I)cc1)c1cn2c3c(cc(Br)cc3c1=O)CC2. The summed E-state index contributed by atoms with van der Waals surface area (Å²) in [5, 5.41) is 3.40. The lowest BCUT2D eigenvalue weighted by molar-refractivity contribution is 0.102. The fourth-order valence-electron chi connectivity index (χ4n) is 3.09. The molecule has 0 atom stereocenters. The van der Waals surface area contributed by atoms with Gasteiger partial charge < -0.3 is 9.88 Å². The molecule has 1 amide bonds. The maximum atomic E-state index is 12.8. The van der Waals surface area contributed by atoms with Crippen LogP contribution in [0.25, 0.3) is 10.9 Å². The Morgan fingerprint density at radius 1 is 1.21 bits per heavy atom. The van der Waals surface area contributed by atoms with E-state index in [1.54, 1.807) is 12.3 Å². The van der Waals surface area contributed by atoms with Crippen LogP contribution in [-0.2, 0) is 13.0 Å². The first-order valence-corrected chi connectivity index (χ1v) is 9.32. The van der Waals surface area contributed by atoms with Crippen LogP contribution in [0.15, 0.2) is 51.9 Å². The predicted molar refractivity (Wildman–Crippen MR) is 107 cm³/mol. The normalized spacial score (nSPS) is 12.6. The topological polar surface area (TPSA) is 51.1 Å². The second kappa shape index (κ2) is 6.00. The zero-order chi connectivity index (χ0) is 16.8. The summed E-state index contributed by atoms with van der Waals surface area (Å²) in [6, 6.07) is 11.3. The molecule has 24 heavy (non-hydrogen) atoms. The largest absolute Gasteiger partial charge is 0.346 e. The number of rotatable bonds is 2. The van der Waals surface area contributed by atoms with Gasteiger partial charge in [0.1, 0.15) is 5.56 Å². The number of aryl methyl sites for hydroxylation is 2. The smallest absolute Gasteiger partial charge is 0.261 e. The molecule has 2 aromatic carbocycles. The lowest BCUT2D eigenvalue weighted by Crippen LogP contribution is -2.23. The number of halogens is 2. The first kappa shape index (κ1) is 15.8. The van der Waals surface area contributed by atoms with E-state index in [0.717, 1.165) is 32.1 Å². The van der Waals surface area contributed by atoms with Crippen LogP contribution < -0.4 is 10.7 Å². The zero-order valence-corrected chi connectivity index (χ0v) is 16.2. The second-order valence-corrected chi connectivity index (χ2v) is 7.90. The minimum absolute atomic E-state index is 0.173. The molecule has 120 valence electrons. The summed E-state index contributed by atoms with van der Waals surface area (Å²) in [7, 11) is 0. The van der Waals surface area contributed by atoms with Crippen LogP contribution in [0.2, 0.25) is 0 Å². The average Bonchev–Trinajstić information content (AvgIpc) is 2.96. The van der Waals surface area contributed by atoms with E-state index >= 15 is 0 Å². The van der Waals surface area contributed by atoms with E-state index in [2.05, 4.69) is 43.8 Å². The van der Waals surface area contributed by atoms with Crippen molar-refractivity contribution >= 4 is 61.0 Å². The van der Waals surface area contributed by atoms with Gasteiger partial charge in [-0.3, -0.25) is 9.59 Å². The van der Waals surface area contributed by atoms with Gasteiger partial charge in [0.05, 0.1) is 5.52 Å². The summed E-state index contributed by atoms with van der Waals surface area (Å²) in [6.45, 7) is 0.784. The van der Waals surface area contributed by atoms with Gasteiger partial charge in [0.25, 0.3) is 5.91 Å². The van der Waals surface area contributed by atoms with Gasteiger partial charge >= 0.3 is 0 Å². The van der Waals surface area contributed by atoms with Crippen LogP contribution >= 0.6 is 38.5 Å². The number of benzene rings is 2. The van der Waals surface area contributed by atoms with Gasteiger partial charge in [0.15, 0.2) is 0 Å². The second-order valence-electron chi connectivity index (χ2n) is 5.74. The van der Waals surface area contributed by atoms with Crippen LogP contribution in [0.3, 0.4) is 0 Å². The van der Waals surface area contributed by atoms with Gasteiger partial charge in [-0.15, -0.1) is 0 Å². The van der Waals surface area contributed by atoms with Crippen LogP contribution in [0.1, 0.15) is 15.9 Å². The third-order valence-electron chi connectivity index (χ3n) is 4.18. The van der Waals surface area contributed by atoms with E-state index in [9.17, 15) is 9.59 Å². The minimum Gasteiger partial charge on any atom is -0.346 e. The summed E-state index contributed by atoms with van der Waals surface area (Å²) in [4.78, 5) is 25.4. The van der Waals surface area contributed by atoms with Gasteiger partial charge in [-0.1, -0.05) is 15.9 Å². The molecule has 0 radical (unpaired) electrons. The van der Waals surface area contributed by atoms with Gasteiger partial charge in [-0.25, -0.2) is 0 Å². The molecule has 3 aromatic rings. The average molecular weight is 495 g/mol. The number of carbonyl (C=O) groups excluding carboxylic acids is 1. The molecule has 1 aliphatic heterocycles. The number of pyridine rings is 1. The first-order valence-electron chi connectivity index (χ1n) is 7.45. The number of hydrogen-bond donors (Lipinski definition) is 1. The van der Waals surface area contributed by atoms with Crippen molar-refractivity contribution in [2.45, 2.75) is 13.0 Å². The molecular weight excluding hydrogens is 483 g/mol. The molecule has 0 saturated heterocycles. The van der Waals surface area contributed by atoms with Gasteiger partial charge in [0.2, 0.25) is 5.43 Å². The molecule has 6 heteroatoms. The summed E-state index contributed by atoms with van der Waals surface area (Å²) in [5.74, 6) is -0.375. The highest BCUT2D eigenvalue weighted by Crippen LogP contribution is 2.28. The van der Waals surface area contributed by atoms with Crippen molar-refractivity contribution in [3.05, 3.63) is 72.0 Å². The molecule has 0 saturated carbocycles. The Bertz CT molecular complexity index is 1040. The quantitative estimate of drug-likeness (QED) is 0.543. The van der Waals surface area contributed by atoms with E-state index < -0.39 is 0 Å². The minimum atomic E-state index is -0.375. The van der Waals surface area contributed by atoms with E-state index in [0.29, 0.717) is 11.1 Å². The van der Waals surface area contributed by atoms with Gasteiger partial charge in [-0.05, 0) is 71.0 Å². The zero-order valence-electron chi connectivity index (χ0n) is 12.5. The number of nitrogens with one attached hydrogen (secondary N) is 1. The van der Waals surface area contributed by atoms with Gasteiger partial charge in [0, 0.05) is 31.9 Å². The molecule has 4 rings (SSSR count). The predicted octanol–water partition coefficient (Wildman–Crippen LogP) is 4.18. The standard InChI is InChI=1S/C18H12BrIN2O2/c19-11-7-10-5-6-22-9-15(17(23)14(8-11)16(10)22)18(24)21-13-3-1-12(20)2-4-13/h1-4,7-9H,5-6H2,(H,21,24). The molecule has 0 fully saturated rings. The molecule has 1 aliphatic rings. The molecule has 0 spiro atoms. The van der Waals surface area contributed by atoms with Crippen molar-refractivity contribution in [3.8, 4) is 0 Å². The van der Waals surface area contributed by atoms with Crippen LogP contribution in [0.5, 0.6) is 0 Å². The molecule has 0 unspecified atom stereocenters. The van der Waals surface area contributed by atoms with Crippen LogP contribution in [-0.4, -0.2) is 10.5 Å². The Morgan fingerprint density at radius 3 is 2.71 bits per heavy atom. The monoisotopic (exact) mass is 494 g/mol. The first-order chi connectivity index (χ1) is 11.5. The van der Waals surface area contributed by atoms with E-state index in [-0.39, 0.29) is 16.9 Å². The third kappa shape index (κ3) is 2.67. The maximum Gasteiger partial charge on any atom is 0.261 e. The van der Waals surface area contributed by atoms with E-state index in [1.165, 1.54) is 0 Å². The Hall–Kier alpha value is -1.67. The van der Waals surface area contributed by atoms with Crippen LogP contribution in [0, 0.1) is 3.57 Å². The van der Waals surface area contributed by atoms with Crippen molar-refractivity contribution < 1.29 is 4.79 Å². The Kier molecular flexibility index (Phi) is 3.96. The molecule has 2 heterocycles. The number of carbonyl (C=O) groups is 1. The molecule has 1 aromatic heterocycles. The highest BCUT2D eigenvalue weighted by atomic mass is 127.